The summed E-state index contributed by atoms with van der Waals surface area (Å²) < 4.78 is 38.4. The van der Waals surface area contributed by atoms with Gasteiger partial charge in [-0.2, -0.15) is 0 Å². The van der Waals surface area contributed by atoms with E-state index in [1.807, 2.05) is 6.92 Å². The van der Waals surface area contributed by atoms with Gasteiger partial charge in [-0.1, -0.05) is 12.1 Å². The number of hydrogen-bond donors (Lipinski definition) is 2. The number of rotatable bonds is 7. The first-order valence-corrected chi connectivity index (χ1v) is 11.4. The van der Waals surface area contributed by atoms with Gasteiger partial charge < -0.3 is 15.5 Å². The molecule has 1 heterocycles. The zero-order valence-corrected chi connectivity index (χ0v) is 16.6. The predicted octanol–water partition coefficient (Wildman–Crippen LogP) is 1.78. The van der Waals surface area contributed by atoms with Gasteiger partial charge in [-0.25, -0.2) is 12.8 Å². The van der Waals surface area contributed by atoms with Gasteiger partial charge in [0.05, 0.1) is 12.3 Å². The van der Waals surface area contributed by atoms with Crippen LogP contribution in [0.2, 0.25) is 0 Å². The van der Waals surface area contributed by atoms with E-state index in [-0.39, 0.29) is 17.2 Å². The number of nitrogens with one attached hydrogen (secondary N) is 2. The molecule has 1 saturated heterocycles. The molecule has 0 atom stereocenters. The fourth-order valence-electron chi connectivity index (χ4n) is 3.45. The lowest BCUT2D eigenvalue weighted by atomic mass is 10.1. The maximum absolute atomic E-state index is 13.8. The molecule has 2 fully saturated rings. The number of piperidine rings is 1. The highest BCUT2D eigenvalue weighted by molar-refractivity contribution is 7.91. The fraction of sp³-hybridized carbons (Fsp3) is 0.632. The summed E-state index contributed by atoms with van der Waals surface area (Å²) >= 11 is 0. The van der Waals surface area contributed by atoms with Crippen molar-refractivity contribution in [2.24, 2.45) is 4.99 Å². The fourth-order valence-corrected chi connectivity index (χ4v) is 4.65. The molecular formula is C19H29FN4O2S. The average Bonchev–Trinajstić information content (AvgIpc) is 3.48. The van der Waals surface area contributed by atoms with Crippen LogP contribution in [0, 0.1) is 5.82 Å². The predicted molar refractivity (Wildman–Crippen MR) is 105 cm³/mol. The number of aliphatic imine (C=N–C) groups is 1. The molecule has 150 valence electrons. The van der Waals surface area contributed by atoms with Gasteiger partial charge in [-0.3, -0.25) is 4.99 Å². The van der Waals surface area contributed by atoms with Crippen molar-refractivity contribution in [1.29, 1.82) is 0 Å². The molecule has 1 aliphatic carbocycles. The third-order valence-corrected chi connectivity index (χ3v) is 6.80. The maximum atomic E-state index is 13.8. The van der Waals surface area contributed by atoms with Crippen LogP contribution in [-0.4, -0.2) is 63.3 Å². The topological polar surface area (TPSA) is 73.8 Å². The Labute approximate surface area is 161 Å². The van der Waals surface area contributed by atoms with Crippen LogP contribution in [0.1, 0.15) is 32.6 Å². The Morgan fingerprint density at radius 3 is 2.56 bits per heavy atom. The Balaban J connectivity index is 1.53. The molecule has 1 aliphatic heterocycles. The highest BCUT2D eigenvalue weighted by atomic mass is 32.2. The largest absolute Gasteiger partial charge is 0.357 e. The Morgan fingerprint density at radius 1 is 1.22 bits per heavy atom. The zero-order valence-electron chi connectivity index (χ0n) is 15.8. The summed E-state index contributed by atoms with van der Waals surface area (Å²) in [6.07, 6.45) is 4.79. The van der Waals surface area contributed by atoms with Gasteiger partial charge in [0.15, 0.2) is 15.8 Å². The highest BCUT2D eigenvalue weighted by Crippen LogP contribution is 2.29. The van der Waals surface area contributed by atoms with E-state index in [0.29, 0.717) is 18.5 Å². The Kier molecular flexibility index (Phi) is 6.70. The van der Waals surface area contributed by atoms with Crippen LogP contribution in [0.4, 0.5) is 4.39 Å². The molecule has 1 aromatic carbocycles. The van der Waals surface area contributed by atoms with Crippen molar-refractivity contribution < 1.29 is 12.8 Å². The third kappa shape index (κ3) is 5.65. The molecule has 0 radical (unpaired) electrons. The number of benzene rings is 1. The number of sulfone groups is 1. The Bertz CT molecular complexity index is 757. The van der Waals surface area contributed by atoms with Crippen molar-refractivity contribution in [1.82, 2.24) is 15.5 Å². The van der Waals surface area contributed by atoms with E-state index in [9.17, 15) is 12.8 Å². The summed E-state index contributed by atoms with van der Waals surface area (Å²) in [4.78, 5) is 6.69. The SMILES string of the molecule is CCNC(=NCCS(=O)(=O)c1ccccc1F)NC1CCN(C2CC2)CC1. The lowest BCUT2D eigenvalue weighted by Gasteiger charge is -2.33. The van der Waals surface area contributed by atoms with E-state index in [0.717, 1.165) is 38.0 Å². The molecule has 0 spiro atoms. The quantitative estimate of drug-likeness (QED) is 0.543. The standard InChI is InChI=1S/C19H29FN4O2S/c1-2-21-19(23-15-9-12-24(13-10-15)16-7-8-16)22-11-14-27(25,26)18-6-4-3-5-17(18)20/h3-6,15-16H,2,7-14H2,1H3,(H2,21,22,23). The highest BCUT2D eigenvalue weighted by Gasteiger charge is 2.31. The van der Waals surface area contributed by atoms with E-state index in [4.69, 9.17) is 0 Å². The van der Waals surface area contributed by atoms with E-state index in [1.54, 1.807) is 0 Å². The summed E-state index contributed by atoms with van der Waals surface area (Å²) in [6, 6.07) is 6.62. The molecule has 0 amide bonds. The molecule has 0 aromatic heterocycles. The molecule has 8 heteroatoms. The number of nitrogens with zero attached hydrogens (tertiary/aromatic N) is 2. The second kappa shape index (κ2) is 9.01. The van der Waals surface area contributed by atoms with Gasteiger partial charge in [-0.15, -0.1) is 0 Å². The lowest BCUT2D eigenvalue weighted by molar-refractivity contribution is 0.197. The van der Waals surface area contributed by atoms with Crippen molar-refractivity contribution in [3.8, 4) is 0 Å². The van der Waals surface area contributed by atoms with Crippen LogP contribution in [0.25, 0.3) is 0 Å². The van der Waals surface area contributed by atoms with Gasteiger partial charge in [0, 0.05) is 31.7 Å². The smallest absolute Gasteiger partial charge is 0.191 e. The van der Waals surface area contributed by atoms with Crippen molar-refractivity contribution in [3.63, 3.8) is 0 Å². The normalized spacial score (nSPS) is 19.9. The first kappa shape index (κ1) is 20.1. The lowest BCUT2D eigenvalue weighted by Crippen LogP contribution is -2.49. The molecule has 1 saturated carbocycles. The van der Waals surface area contributed by atoms with Crippen molar-refractivity contribution >= 4 is 15.8 Å². The van der Waals surface area contributed by atoms with Crippen molar-refractivity contribution in [2.75, 3.05) is 31.9 Å². The zero-order chi connectivity index (χ0) is 19.3. The van der Waals surface area contributed by atoms with Gasteiger partial charge in [-0.05, 0) is 44.7 Å². The van der Waals surface area contributed by atoms with E-state index in [2.05, 4.69) is 20.5 Å². The first-order valence-electron chi connectivity index (χ1n) is 9.76. The van der Waals surface area contributed by atoms with Gasteiger partial charge >= 0.3 is 0 Å². The number of likely N-dealkylation sites (tertiary alicyclic amines) is 1. The molecule has 0 unspecified atom stereocenters. The first-order chi connectivity index (χ1) is 13.0. The summed E-state index contributed by atoms with van der Waals surface area (Å²) in [5.41, 5.74) is 0. The number of halogens is 1. The number of guanidine groups is 1. The second-order valence-electron chi connectivity index (χ2n) is 7.20. The van der Waals surface area contributed by atoms with E-state index >= 15 is 0 Å². The summed E-state index contributed by atoms with van der Waals surface area (Å²) in [6.45, 7) is 4.97. The maximum Gasteiger partial charge on any atom is 0.191 e. The monoisotopic (exact) mass is 396 g/mol. The van der Waals surface area contributed by atoms with Gasteiger partial charge in [0.25, 0.3) is 0 Å². The average molecular weight is 397 g/mol. The van der Waals surface area contributed by atoms with Gasteiger partial charge in [0.1, 0.15) is 10.7 Å². The van der Waals surface area contributed by atoms with Crippen LogP contribution in [0.5, 0.6) is 0 Å². The summed E-state index contributed by atoms with van der Waals surface area (Å²) in [5, 5.41) is 6.59. The molecule has 1 aromatic rings. The molecular weight excluding hydrogens is 367 g/mol. The van der Waals surface area contributed by atoms with Crippen LogP contribution < -0.4 is 10.6 Å². The van der Waals surface area contributed by atoms with Crippen LogP contribution in [-0.2, 0) is 9.84 Å². The van der Waals surface area contributed by atoms with E-state index < -0.39 is 15.7 Å². The van der Waals surface area contributed by atoms with Crippen LogP contribution >= 0.6 is 0 Å². The van der Waals surface area contributed by atoms with Gasteiger partial charge in [0.2, 0.25) is 0 Å². The minimum Gasteiger partial charge on any atom is -0.357 e. The van der Waals surface area contributed by atoms with Crippen LogP contribution in [0.15, 0.2) is 34.2 Å². The minimum atomic E-state index is -3.69. The molecule has 6 nitrogen and oxygen atoms in total. The number of hydrogen-bond acceptors (Lipinski definition) is 4. The molecule has 2 aliphatic rings. The van der Waals surface area contributed by atoms with Crippen molar-refractivity contribution in [2.45, 2.75) is 49.6 Å². The Morgan fingerprint density at radius 2 is 1.93 bits per heavy atom. The molecule has 0 bridgehead atoms. The third-order valence-electron chi connectivity index (χ3n) is 5.08. The second-order valence-corrected chi connectivity index (χ2v) is 9.27. The van der Waals surface area contributed by atoms with Crippen LogP contribution in [0.3, 0.4) is 0 Å². The molecule has 2 N–H and O–H groups in total. The van der Waals surface area contributed by atoms with E-state index in [1.165, 1.54) is 31.0 Å². The summed E-state index contributed by atoms with van der Waals surface area (Å²) in [5.74, 6) is -0.301. The van der Waals surface area contributed by atoms with Crippen molar-refractivity contribution in [3.05, 3.63) is 30.1 Å². The molecule has 3 rings (SSSR count). The molecule has 27 heavy (non-hydrogen) atoms. The Hall–Kier alpha value is -1.67. The minimum absolute atomic E-state index is 0.0902. The summed E-state index contributed by atoms with van der Waals surface area (Å²) in [7, 11) is -3.69.